The van der Waals surface area contributed by atoms with Gasteiger partial charge < -0.3 is 4.90 Å². The summed E-state index contributed by atoms with van der Waals surface area (Å²) in [6, 6.07) is 11.7. The molecule has 0 aliphatic rings. The van der Waals surface area contributed by atoms with Crippen molar-refractivity contribution in [2.24, 2.45) is 0 Å². The Morgan fingerprint density at radius 1 is 1.12 bits per heavy atom. The number of amides is 1. The van der Waals surface area contributed by atoms with Crippen LogP contribution in [0.1, 0.15) is 12.8 Å². The zero-order valence-electron chi connectivity index (χ0n) is 17.6. The SMILES string of the molecule is CN(C)CCCN(C(=O)CCS(=O)(=O)c1ccc(Cl)cc1)c1nc2ccc(Br)cc2s1.Cl. The van der Waals surface area contributed by atoms with Crippen LogP contribution in [0, 0.1) is 0 Å². The van der Waals surface area contributed by atoms with E-state index < -0.39 is 9.84 Å². The smallest absolute Gasteiger partial charge is 0.229 e. The summed E-state index contributed by atoms with van der Waals surface area (Å²) in [5.41, 5.74) is 0.808. The number of fused-ring (bicyclic) bond motifs is 1. The zero-order valence-corrected chi connectivity index (χ0v) is 22.4. The van der Waals surface area contributed by atoms with Gasteiger partial charge in [0.05, 0.1) is 20.9 Å². The highest BCUT2D eigenvalue weighted by Gasteiger charge is 2.23. The molecule has 2 aromatic carbocycles. The number of hydrogen-bond donors (Lipinski definition) is 0. The van der Waals surface area contributed by atoms with Gasteiger partial charge in [0.15, 0.2) is 15.0 Å². The Balaban J connectivity index is 0.00000363. The third-order valence-corrected chi connectivity index (χ3v) is 8.13. The second-order valence-electron chi connectivity index (χ2n) is 7.33. The van der Waals surface area contributed by atoms with Gasteiger partial charge in [-0.1, -0.05) is 38.9 Å². The summed E-state index contributed by atoms with van der Waals surface area (Å²) >= 11 is 10.7. The molecule has 0 atom stereocenters. The van der Waals surface area contributed by atoms with Gasteiger partial charge in [0.1, 0.15) is 0 Å². The van der Waals surface area contributed by atoms with Crippen molar-refractivity contribution in [3.63, 3.8) is 0 Å². The molecule has 0 N–H and O–H groups in total. The third kappa shape index (κ3) is 7.13. The Morgan fingerprint density at radius 2 is 1.81 bits per heavy atom. The lowest BCUT2D eigenvalue weighted by Crippen LogP contribution is -2.34. The molecule has 1 amide bonds. The second-order valence-corrected chi connectivity index (χ2v) is 11.8. The van der Waals surface area contributed by atoms with Gasteiger partial charge in [-0.2, -0.15) is 0 Å². The van der Waals surface area contributed by atoms with Gasteiger partial charge >= 0.3 is 0 Å². The van der Waals surface area contributed by atoms with Crippen LogP contribution < -0.4 is 4.90 Å². The molecule has 1 heterocycles. The van der Waals surface area contributed by atoms with E-state index in [0.717, 1.165) is 27.7 Å². The maximum atomic E-state index is 13.1. The molecule has 0 fully saturated rings. The number of carbonyl (C=O) groups excluding carboxylic acids is 1. The van der Waals surface area contributed by atoms with Gasteiger partial charge in [-0.15, -0.1) is 12.4 Å². The Bertz CT molecular complexity index is 1170. The summed E-state index contributed by atoms with van der Waals surface area (Å²) < 4.78 is 27.2. The number of hydrogen-bond acceptors (Lipinski definition) is 6. The van der Waals surface area contributed by atoms with Crippen LogP contribution in [0.25, 0.3) is 10.2 Å². The summed E-state index contributed by atoms with van der Waals surface area (Å²) in [5, 5.41) is 1.05. The maximum Gasteiger partial charge on any atom is 0.229 e. The molecule has 1 aromatic heterocycles. The van der Waals surface area contributed by atoms with Crippen LogP contribution in [-0.2, 0) is 14.6 Å². The average molecular weight is 581 g/mol. The van der Waals surface area contributed by atoms with E-state index in [0.29, 0.717) is 16.7 Å². The van der Waals surface area contributed by atoms with Crippen molar-refractivity contribution in [3.8, 4) is 0 Å². The first-order chi connectivity index (χ1) is 14.7. The Kier molecular flexibility index (Phi) is 9.93. The van der Waals surface area contributed by atoms with E-state index >= 15 is 0 Å². The van der Waals surface area contributed by atoms with Crippen LogP contribution in [0.2, 0.25) is 5.02 Å². The van der Waals surface area contributed by atoms with Crippen molar-refractivity contribution in [2.75, 3.05) is 37.8 Å². The molecule has 0 saturated carbocycles. The molecule has 3 aromatic rings. The van der Waals surface area contributed by atoms with Gasteiger partial charge in [-0.25, -0.2) is 13.4 Å². The molecule has 11 heteroatoms. The molecule has 0 bridgehead atoms. The zero-order chi connectivity index (χ0) is 22.6. The fourth-order valence-corrected chi connectivity index (χ4v) is 5.91. The van der Waals surface area contributed by atoms with E-state index in [4.69, 9.17) is 11.6 Å². The molecule has 0 saturated heterocycles. The Morgan fingerprint density at radius 3 is 2.47 bits per heavy atom. The van der Waals surface area contributed by atoms with E-state index in [2.05, 4.69) is 20.9 Å². The topological polar surface area (TPSA) is 70.6 Å². The minimum Gasteiger partial charge on any atom is -0.309 e. The van der Waals surface area contributed by atoms with E-state index in [1.165, 1.54) is 35.6 Å². The predicted molar refractivity (Wildman–Crippen MR) is 138 cm³/mol. The normalized spacial score (nSPS) is 11.5. The second kappa shape index (κ2) is 11.8. The molecule has 174 valence electrons. The Hall–Kier alpha value is -1.23. The number of rotatable bonds is 9. The van der Waals surface area contributed by atoms with E-state index in [9.17, 15) is 13.2 Å². The number of anilines is 1. The molecule has 3 rings (SSSR count). The molecular weight excluding hydrogens is 557 g/mol. The van der Waals surface area contributed by atoms with Crippen molar-refractivity contribution in [3.05, 3.63) is 52.0 Å². The summed E-state index contributed by atoms with van der Waals surface area (Å²) in [5.74, 6) is -0.525. The predicted octanol–water partition coefficient (Wildman–Crippen LogP) is 5.28. The number of thiazole rings is 1. The highest BCUT2D eigenvalue weighted by Crippen LogP contribution is 2.31. The van der Waals surface area contributed by atoms with Gasteiger partial charge in [-0.05, 0) is 69.5 Å². The highest BCUT2D eigenvalue weighted by atomic mass is 79.9. The molecule has 0 aliphatic carbocycles. The largest absolute Gasteiger partial charge is 0.309 e. The number of nitrogens with zero attached hydrogens (tertiary/aromatic N) is 3. The fraction of sp³-hybridized carbons (Fsp3) is 0.333. The number of benzene rings is 2. The fourth-order valence-electron chi connectivity index (χ4n) is 2.99. The highest BCUT2D eigenvalue weighted by molar-refractivity contribution is 9.10. The standard InChI is InChI=1S/C21H23BrClN3O3S2.ClH/c1-25(2)11-3-12-26(21-24-18-9-4-15(22)14-19(18)30-21)20(27)10-13-31(28,29)17-7-5-16(23)6-8-17;/h4-9,14H,3,10-13H2,1-2H3;1H. The summed E-state index contributed by atoms with van der Waals surface area (Å²) in [7, 11) is 0.355. The summed E-state index contributed by atoms with van der Waals surface area (Å²) in [6.45, 7) is 1.28. The third-order valence-electron chi connectivity index (χ3n) is 4.62. The number of halogens is 3. The first kappa shape index (κ1) is 27.0. The molecule has 32 heavy (non-hydrogen) atoms. The molecule has 0 unspecified atom stereocenters. The maximum absolute atomic E-state index is 13.1. The number of aromatic nitrogens is 1. The van der Waals surface area contributed by atoms with Crippen molar-refractivity contribution in [1.82, 2.24) is 9.88 Å². The van der Waals surface area contributed by atoms with Crippen molar-refractivity contribution >= 4 is 82.4 Å². The van der Waals surface area contributed by atoms with Crippen LogP contribution in [0.3, 0.4) is 0 Å². The number of sulfone groups is 1. The van der Waals surface area contributed by atoms with Gasteiger partial charge in [-0.3, -0.25) is 9.69 Å². The first-order valence-electron chi connectivity index (χ1n) is 9.65. The van der Waals surface area contributed by atoms with Gasteiger partial charge in [0, 0.05) is 22.5 Å². The first-order valence-corrected chi connectivity index (χ1v) is 13.3. The molecule has 0 radical (unpaired) electrons. The minimum absolute atomic E-state index is 0. The van der Waals surface area contributed by atoms with Gasteiger partial charge in [0.2, 0.25) is 5.91 Å². The van der Waals surface area contributed by atoms with Crippen LogP contribution in [0.5, 0.6) is 0 Å². The van der Waals surface area contributed by atoms with E-state index in [1.807, 2.05) is 37.2 Å². The van der Waals surface area contributed by atoms with Crippen molar-refractivity contribution < 1.29 is 13.2 Å². The van der Waals surface area contributed by atoms with Crippen LogP contribution >= 0.6 is 51.3 Å². The van der Waals surface area contributed by atoms with E-state index in [1.54, 1.807) is 4.90 Å². The summed E-state index contributed by atoms with van der Waals surface area (Å²) in [4.78, 5) is 21.5. The average Bonchev–Trinajstić information content (AvgIpc) is 3.12. The Labute approximate surface area is 212 Å². The summed E-state index contributed by atoms with van der Waals surface area (Å²) in [6.07, 6.45) is 0.634. The minimum atomic E-state index is -3.59. The lowest BCUT2D eigenvalue weighted by atomic mass is 10.3. The quantitative estimate of drug-likeness (QED) is 0.344. The van der Waals surface area contributed by atoms with Gasteiger partial charge in [0.25, 0.3) is 0 Å². The molecule has 6 nitrogen and oxygen atoms in total. The molecule has 0 aliphatic heterocycles. The van der Waals surface area contributed by atoms with Crippen molar-refractivity contribution in [1.29, 1.82) is 0 Å². The lowest BCUT2D eigenvalue weighted by molar-refractivity contribution is -0.118. The van der Waals surface area contributed by atoms with Crippen LogP contribution in [0.4, 0.5) is 5.13 Å². The van der Waals surface area contributed by atoms with Crippen molar-refractivity contribution in [2.45, 2.75) is 17.7 Å². The van der Waals surface area contributed by atoms with E-state index in [-0.39, 0.29) is 35.4 Å². The van der Waals surface area contributed by atoms with Crippen LogP contribution in [-0.4, -0.2) is 57.1 Å². The van der Waals surface area contributed by atoms with Crippen LogP contribution in [0.15, 0.2) is 51.8 Å². The number of carbonyl (C=O) groups is 1. The molecule has 0 spiro atoms. The monoisotopic (exact) mass is 579 g/mol. The lowest BCUT2D eigenvalue weighted by Gasteiger charge is -2.21. The molecular formula is C21H24BrCl2N3O3S2.